The summed E-state index contributed by atoms with van der Waals surface area (Å²) in [6.07, 6.45) is 0.142. The van der Waals surface area contributed by atoms with Crippen molar-refractivity contribution < 1.29 is 23.2 Å². The Kier molecular flexibility index (Phi) is 5.47. The molecule has 2 amide bonds. The second kappa shape index (κ2) is 8.36. The van der Waals surface area contributed by atoms with Crippen LogP contribution in [0.4, 0.5) is 10.1 Å². The Labute approximate surface area is 172 Å². The van der Waals surface area contributed by atoms with Crippen LogP contribution in [-0.4, -0.2) is 30.6 Å². The average Bonchev–Trinajstić information content (AvgIpc) is 3.39. The van der Waals surface area contributed by atoms with Crippen LogP contribution in [0, 0.1) is 11.7 Å². The number of anilines is 1. The fraction of sp³-hybridized carbons (Fsp3) is 0.227. The van der Waals surface area contributed by atoms with Crippen molar-refractivity contribution in [2.75, 3.05) is 18.6 Å². The molecule has 1 unspecified atom stereocenters. The summed E-state index contributed by atoms with van der Waals surface area (Å²) in [5, 5.41) is 6.74. The molecule has 0 bridgehead atoms. The summed E-state index contributed by atoms with van der Waals surface area (Å²) in [6.45, 7) is 0.477. The zero-order valence-corrected chi connectivity index (χ0v) is 16.3. The zero-order valence-electron chi connectivity index (χ0n) is 16.3. The van der Waals surface area contributed by atoms with Crippen molar-refractivity contribution in [3.8, 4) is 17.1 Å². The van der Waals surface area contributed by atoms with Crippen molar-refractivity contribution in [2.24, 2.45) is 5.92 Å². The summed E-state index contributed by atoms with van der Waals surface area (Å²) in [7, 11) is 1.56. The molecule has 1 aliphatic heterocycles. The van der Waals surface area contributed by atoms with E-state index in [9.17, 15) is 14.0 Å². The molecule has 2 aromatic carbocycles. The molecule has 1 N–H and O–H groups in total. The molecule has 1 saturated heterocycles. The molecular formula is C22H20FN3O4. The molecule has 0 radical (unpaired) electrons. The van der Waals surface area contributed by atoms with Crippen LogP contribution in [0.25, 0.3) is 11.3 Å². The first-order valence-corrected chi connectivity index (χ1v) is 9.47. The predicted octanol–water partition coefficient (Wildman–Crippen LogP) is 3.16. The molecule has 0 saturated carbocycles. The lowest BCUT2D eigenvalue weighted by atomic mass is 10.1. The Morgan fingerprint density at radius 2 is 2.07 bits per heavy atom. The first-order chi connectivity index (χ1) is 14.5. The molecule has 0 aliphatic carbocycles. The van der Waals surface area contributed by atoms with E-state index in [1.165, 1.54) is 12.1 Å². The van der Waals surface area contributed by atoms with E-state index < -0.39 is 5.92 Å². The topological polar surface area (TPSA) is 84.7 Å². The van der Waals surface area contributed by atoms with Gasteiger partial charge in [0.05, 0.1) is 19.6 Å². The van der Waals surface area contributed by atoms with Gasteiger partial charge in [0.15, 0.2) is 5.76 Å². The normalized spacial score (nSPS) is 16.0. The number of rotatable bonds is 6. The van der Waals surface area contributed by atoms with Crippen molar-refractivity contribution in [2.45, 2.75) is 13.0 Å². The van der Waals surface area contributed by atoms with Crippen LogP contribution in [-0.2, 0) is 16.1 Å². The molecule has 0 spiro atoms. The molecule has 1 aliphatic rings. The van der Waals surface area contributed by atoms with Gasteiger partial charge in [-0.05, 0) is 36.4 Å². The van der Waals surface area contributed by atoms with Gasteiger partial charge in [0, 0.05) is 36.3 Å². The number of amides is 2. The highest BCUT2D eigenvalue weighted by molar-refractivity contribution is 6.00. The van der Waals surface area contributed by atoms with Crippen LogP contribution < -0.4 is 15.0 Å². The van der Waals surface area contributed by atoms with Crippen molar-refractivity contribution in [1.82, 2.24) is 10.5 Å². The third kappa shape index (κ3) is 4.17. The van der Waals surface area contributed by atoms with Crippen molar-refractivity contribution in [3.05, 3.63) is 66.1 Å². The standard InChI is InChI=1S/C22H20FN3O4/c1-29-19-4-2-3-18(11-19)26-13-15(9-21(26)27)22(28)24-12-17-10-20(30-25-17)14-5-7-16(23)8-6-14/h2-8,10-11,15H,9,12-13H2,1H3,(H,24,28). The smallest absolute Gasteiger partial charge is 0.227 e. The highest BCUT2D eigenvalue weighted by Gasteiger charge is 2.35. The van der Waals surface area contributed by atoms with Crippen molar-refractivity contribution in [3.63, 3.8) is 0 Å². The molecule has 154 valence electrons. The number of nitrogens with zero attached hydrogens (tertiary/aromatic N) is 2. The number of nitrogens with one attached hydrogen (secondary N) is 1. The van der Waals surface area contributed by atoms with Gasteiger partial charge in [-0.15, -0.1) is 0 Å². The second-order valence-corrected chi connectivity index (χ2v) is 7.01. The van der Waals surface area contributed by atoms with Crippen LogP contribution in [0.1, 0.15) is 12.1 Å². The summed E-state index contributed by atoms with van der Waals surface area (Å²) < 4.78 is 23.5. The lowest BCUT2D eigenvalue weighted by molar-refractivity contribution is -0.126. The van der Waals surface area contributed by atoms with Gasteiger partial charge in [-0.25, -0.2) is 4.39 Å². The van der Waals surface area contributed by atoms with E-state index in [0.717, 1.165) is 0 Å². The number of ether oxygens (including phenoxy) is 1. The van der Waals surface area contributed by atoms with E-state index in [1.54, 1.807) is 48.4 Å². The summed E-state index contributed by atoms with van der Waals surface area (Å²) >= 11 is 0. The summed E-state index contributed by atoms with van der Waals surface area (Å²) in [6, 6.07) is 14.7. The van der Waals surface area contributed by atoms with Gasteiger partial charge in [-0.1, -0.05) is 11.2 Å². The number of aromatic nitrogens is 1. The Morgan fingerprint density at radius 1 is 1.27 bits per heavy atom. The minimum atomic E-state index is -0.452. The largest absolute Gasteiger partial charge is 0.497 e. The fourth-order valence-corrected chi connectivity index (χ4v) is 3.38. The monoisotopic (exact) mass is 409 g/mol. The first-order valence-electron chi connectivity index (χ1n) is 9.47. The van der Waals surface area contributed by atoms with Crippen molar-refractivity contribution in [1.29, 1.82) is 0 Å². The van der Waals surface area contributed by atoms with Gasteiger partial charge >= 0.3 is 0 Å². The van der Waals surface area contributed by atoms with Crippen LogP contribution in [0.2, 0.25) is 0 Å². The molecule has 7 nitrogen and oxygen atoms in total. The van der Waals surface area contributed by atoms with Crippen molar-refractivity contribution >= 4 is 17.5 Å². The number of hydrogen-bond acceptors (Lipinski definition) is 5. The summed E-state index contributed by atoms with van der Waals surface area (Å²) in [5.74, 6) is 0.0197. The van der Waals surface area contributed by atoms with E-state index in [1.807, 2.05) is 6.07 Å². The van der Waals surface area contributed by atoms with Crippen LogP contribution in [0.15, 0.2) is 59.1 Å². The van der Waals surface area contributed by atoms with E-state index >= 15 is 0 Å². The third-order valence-corrected chi connectivity index (χ3v) is 4.99. The fourth-order valence-electron chi connectivity index (χ4n) is 3.38. The lowest BCUT2D eigenvalue weighted by Gasteiger charge is -2.17. The van der Waals surface area contributed by atoms with E-state index in [2.05, 4.69) is 10.5 Å². The molecule has 1 fully saturated rings. The van der Waals surface area contributed by atoms with Crippen LogP contribution in [0.3, 0.4) is 0 Å². The quantitative estimate of drug-likeness (QED) is 0.676. The lowest BCUT2D eigenvalue weighted by Crippen LogP contribution is -2.32. The molecule has 1 atom stereocenters. The maximum Gasteiger partial charge on any atom is 0.227 e. The van der Waals surface area contributed by atoms with Gasteiger partial charge in [0.1, 0.15) is 17.3 Å². The SMILES string of the molecule is COc1cccc(N2CC(C(=O)NCc3cc(-c4ccc(F)cc4)on3)CC2=O)c1. The molecule has 2 heterocycles. The molecule has 4 rings (SSSR count). The Bertz CT molecular complexity index is 1060. The highest BCUT2D eigenvalue weighted by Crippen LogP contribution is 2.28. The zero-order chi connectivity index (χ0) is 21.1. The maximum absolute atomic E-state index is 13.0. The van der Waals surface area contributed by atoms with Crippen LogP contribution in [0.5, 0.6) is 5.75 Å². The number of hydrogen-bond donors (Lipinski definition) is 1. The highest BCUT2D eigenvalue weighted by atomic mass is 19.1. The van der Waals surface area contributed by atoms with Crippen LogP contribution >= 0.6 is 0 Å². The molecule has 3 aromatic rings. The number of carbonyl (C=O) groups excluding carboxylic acids is 2. The number of methoxy groups -OCH3 is 1. The number of halogens is 1. The van der Waals surface area contributed by atoms with E-state index in [-0.39, 0.29) is 30.6 Å². The van der Waals surface area contributed by atoms with E-state index in [4.69, 9.17) is 9.26 Å². The molecule has 8 heteroatoms. The molecular weight excluding hydrogens is 389 g/mol. The average molecular weight is 409 g/mol. The van der Waals surface area contributed by atoms with Gasteiger partial charge in [0.25, 0.3) is 0 Å². The maximum atomic E-state index is 13.0. The summed E-state index contributed by atoms with van der Waals surface area (Å²) in [4.78, 5) is 26.6. The Morgan fingerprint density at radius 3 is 2.83 bits per heavy atom. The second-order valence-electron chi connectivity index (χ2n) is 7.01. The molecule has 30 heavy (non-hydrogen) atoms. The predicted molar refractivity (Wildman–Crippen MR) is 107 cm³/mol. The summed E-state index contributed by atoms with van der Waals surface area (Å²) in [5.41, 5.74) is 1.93. The van der Waals surface area contributed by atoms with Gasteiger partial charge in [0.2, 0.25) is 11.8 Å². The molecule has 1 aromatic heterocycles. The minimum absolute atomic E-state index is 0.108. The Balaban J connectivity index is 1.35. The van der Waals surface area contributed by atoms with Gasteiger partial charge < -0.3 is 19.5 Å². The van der Waals surface area contributed by atoms with Gasteiger partial charge in [-0.3, -0.25) is 9.59 Å². The number of benzene rings is 2. The third-order valence-electron chi connectivity index (χ3n) is 4.99. The van der Waals surface area contributed by atoms with E-state index in [0.29, 0.717) is 35.0 Å². The Hall–Kier alpha value is -3.68. The number of carbonyl (C=O) groups is 2. The first kappa shape index (κ1) is 19.6. The van der Waals surface area contributed by atoms with Gasteiger partial charge in [-0.2, -0.15) is 0 Å². The minimum Gasteiger partial charge on any atom is -0.497 e.